The first-order valence-electron chi connectivity index (χ1n) is 16.1. The molecule has 0 spiro atoms. The maximum absolute atomic E-state index is 14.3. The highest BCUT2D eigenvalue weighted by Gasteiger charge is 2.40. The average molecular weight is 751 g/mol. The number of nitrogens with one attached hydrogen (secondary N) is 2. The van der Waals surface area contributed by atoms with Crippen LogP contribution in [0.15, 0.2) is 78.0 Å². The zero-order chi connectivity index (χ0) is 36.3. The molecule has 1 saturated carbocycles. The predicted octanol–water partition coefficient (Wildman–Crippen LogP) is 4.33. The molecule has 1 heterocycles. The van der Waals surface area contributed by atoms with Gasteiger partial charge in [0.15, 0.2) is 6.29 Å². The lowest BCUT2D eigenvalue weighted by molar-refractivity contribution is -0.161. The topological polar surface area (TPSA) is 167 Å². The monoisotopic (exact) mass is 749 g/mol. The van der Waals surface area contributed by atoms with E-state index in [0.717, 1.165) is 17.7 Å². The van der Waals surface area contributed by atoms with E-state index >= 15 is 0 Å². The summed E-state index contributed by atoms with van der Waals surface area (Å²) in [6.07, 6.45) is 2.51. The van der Waals surface area contributed by atoms with E-state index < -0.39 is 52.8 Å². The van der Waals surface area contributed by atoms with Gasteiger partial charge in [0.2, 0.25) is 21.8 Å². The van der Waals surface area contributed by atoms with Gasteiger partial charge in [0.25, 0.3) is 0 Å². The summed E-state index contributed by atoms with van der Waals surface area (Å²) in [7, 11) is -4.35. The number of benzene rings is 2. The maximum Gasteiger partial charge on any atom is 0.408 e. The fourth-order valence-electron chi connectivity index (χ4n) is 5.31. The standard InChI is InChI=1S/C34H41Cl2N5O8S/c1-3-48-31(49-4-2)22-40(26-13-14-26)33(43)28(17-24-11-8-16-37-19-24)39-32(42)29(41(34(44)45)21-23-9-6-5-7-10-23)20-38-50(46,47)30-15-12-25(35)18-27(30)36/h5-12,15-16,18-19,26,28-29,31,38H,3-4,13-14,17,20-22H2,1-2H3,(H,39,42)(H,44,45). The van der Waals surface area contributed by atoms with Crippen LogP contribution in [0, 0.1) is 0 Å². The van der Waals surface area contributed by atoms with Gasteiger partial charge in [-0.25, -0.2) is 17.9 Å². The summed E-state index contributed by atoms with van der Waals surface area (Å²) >= 11 is 12.1. The molecule has 1 aliphatic carbocycles. The first-order valence-corrected chi connectivity index (χ1v) is 18.4. The van der Waals surface area contributed by atoms with Crippen LogP contribution in [-0.4, -0.2) is 96.9 Å². The van der Waals surface area contributed by atoms with Gasteiger partial charge in [-0.05, 0) is 62.1 Å². The van der Waals surface area contributed by atoms with Crippen molar-refractivity contribution in [3.8, 4) is 0 Å². The second kappa shape index (κ2) is 18.4. The third-order valence-electron chi connectivity index (χ3n) is 7.87. The van der Waals surface area contributed by atoms with Crippen molar-refractivity contribution in [2.24, 2.45) is 0 Å². The van der Waals surface area contributed by atoms with E-state index in [1.807, 2.05) is 13.8 Å². The minimum Gasteiger partial charge on any atom is -0.465 e. The van der Waals surface area contributed by atoms with Gasteiger partial charge < -0.3 is 24.8 Å². The highest BCUT2D eigenvalue weighted by Crippen LogP contribution is 2.29. The number of halogens is 2. The zero-order valence-electron chi connectivity index (χ0n) is 27.7. The van der Waals surface area contributed by atoms with Crippen molar-refractivity contribution in [1.82, 2.24) is 24.8 Å². The molecule has 270 valence electrons. The Hall–Kier alpha value is -3.79. The van der Waals surface area contributed by atoms with Crippen LogP contribution in [-0.2, 0) is 42.1 Å². The Morgan fingerprint density at radius 2 is 1.68 bits per heavy atom. The molecular formula is C34H41Cl2N5O8S. The van der Waals surface area contributed by atoms with Crippen molar-refractivity contribution < 1.29 is 37.4 Å². The van der Waals surface area contributed by atoms with Crippen LogP contribution in [0.1, 0.15) is 37.8 Å². The number of nitrogens with zero attached hydrogens (tertiary/aromatic N) is 3. The lowest BCUT2D eigenvalue weighted by Crippen LogP contribution is -2.59. The van der Waals surface area contributed by atoms with Gasteiger partial charge in [-0.1, -0.05) is 59.6 Å². The first kappa shape index (κ1) is 39.0. The largest absolute Gasteiger partial charge is 0.465 e. The number of carbonyl (C=O) groups excluding carboxylic acids is 2. The van der Waals surface area contributed by atoms with Crippen LogP contribution < -0.4 is 10.0 Å². The van der Waals surface area contributed by atoms with Crippen LogP contribution in [0.4, 0.5) is 4.79 Å². The molecule has 16 heteroatoms. The van der Waals surface area contributed by atoms with Crippen LogP contribution in [0.2, 0.25) is 10.0 Å². The molecular weight excluding hydrogens is 709 g/mol. The highest BCUT2D eigenvalue weighted by molar-refractivity contribution is 7.89. The molecule has 3 aromatic rings. The summed E-state index contributed by atoms with van der Waals surface area (Å²) in [6.45, 7) is 3.54. The summed E-state index contributed by atoms with van der Waals surface area (Å²) < 4.78 is 40.5. The number of carbonyl (C=O) groups is 3. The van der Waals surface area contributed by atoms with Gasteiger partial charge in [0.1, 0.15) is 17.0 Å². The number of hydrogen-bond acceptors (Lipinski definition) is 8. The second-order valence-corrected chi connectivity index (χ2v) is 14.1. The van der Waals surface area contributed by atoms with Crippen molar-refractivity contribution in [2.75, 3.05) is 26.3 Å². The molecule has 1 aromatic heterocycles. The predicted molar refractivity (Wildman–Crippen MR) is 187 cm³/mol. The van der Waals surface area contributed by atoms with Gasteiger partial charge in [0.05, 0.1) is 11.6 Å². The van der Waals surface area contributed by atoms with Gasteiger partial charge >= 0.3 is 6.09 Å². The molecule has 0 saturated heterocycles. The summed E-state index contributed by atoms with van der Waals surface area (Å²) in [4.78, 5) is 47.5. The minimum absolute atomic E-state index is 0.0279. The molecule has 1 aliphatic rings. The molecule has 2 atom stereocenters. The SMILES string of the molecule is CCOC(CN(C(=O)C(Cc1cccnc1)NC(=O)C(CNS(=O)(=O)c1ccc(Cl)cc1Cl)N(Cc1ccccc1)C(=O)O)C1CC1)OCC. The van der Waals surface area contributed by atoms with Crippen molar-refractivity contribution in [3.63, 3.8) is 0 Å². The third kappa shape index (κ3) is 11.1. The molecule has 50 heavy (non-hydrogen) atoms. The Kier molecular flexibility index (Phi) is 14.4. The number of hydrogen-bond donors (Lipinski definition) is 3. The summed E-state index contributed by atoms with van der Waals surface area (Å²) in [6, 6.07) is 12.9. The number of sulfonamides is 1. The molecule has 13 nitrogen and oxygen atoms in total. The van der Waals surface area contributed by atoms with Gasteiger partial charge in [0, 0.05) is 56.2 Å². The normalized spacial score (nSPS) is 14.2. The van der Waals surface area contributed by atoms with E-state index in [0.29, 0.717) is 24.3 Å². The quantitative estimate of drug-likeness (QED) is 0.151. The Bertz CT molecular complexity index is 1690. The number of pyridine rings is 1. The zero-order valence-corrected chi connectivity index (χ0v) is 30.0. The molecule has 4 rings (SSSR count). The van der Waals surface area contributed by atoms with E-state index in [1.165, 1.54) is 18.2 Å². The summed E-state index contributed by atoms with van der Waals surface area (Å²) in [5.41, 5.74) is 1.19. The molecule has 3 N–H and O–H groups in total. The van der Waals surface area contributed by atoms with Crippen molar-refractivity contribution in [3.05, 3.63) is 94.2 Å². The maximum atomic E-state index is 14.3. The van der Waals surface area contributed by atoms with E-state index in [9.17, 15) is 27.9 Å². The molecule has 0 bridgehead atoms. The van der Waals surface area contributed by atoms with Gasteiger partial charge in [-0.15, -0.1) is 0 Å². The van der Waals surface area contributed by atoms with Crippen LogP contribution in [0.5, 0.6) is 0 Å². The van der Waals surface area contributed by atoms with E-state index in [1.54, 1.807) is 59.8 Å². The van der Waals surface area contributed by atoms with Gasteiger partial charge in [-0.2, -0.15) is 0 Å². The Labute approximate surface area is 301 Å². The Morgan fingerprint density at radius 3 is 2.26 bits per heavy atom. The molecule has 3 amide bonds. The Morgan fingerprint density at radius 1 is 1.00 bits per heavy atom. The fourth-order valence-corrected chi connectivity index (χ4v) is 7.12. The molecule has 1 fully saturated rings. The lowest BCUT2D eigenvalue weighted by Gasteiger charge is -2.33. The van der Waals surface area contributed by atoms with E-state index in [4.69, 9.17) is 32.7 Å². The van der Waals surface area contributed by atoms with Gasteiger partial charge in [-0.3, -0.25) is 19.5 Å². The number of ether oxygens (including phenoxy) is 2. The number of amides is 3. The molecule has 0 aliphatic heterocycles. The van der Waals surface area contributed by atoms with Crippen molar-refractivity contribution >= 4 is 51.1 Å². The third-order valence-corrected chi connectivity index (χ3v) is 10.0. The number of carboxylic acid groups (broad SMARTS) is 1. The van der Waals surface area contributed by atoms with Crippen molar-refractivity contribution in [2.45, 2.75) is 69.0 Å². The number of aromatic nitrogens is 1. The summed E-state index contributed by atoms with van der Waals surface area (Å²) in [5.74, 6) is -1.32. The van der Waals surface area contributed by atoms with Crippen LogP contribution >= 0.6 is 23.2 Å². The summed E-state index contributed by atoms with van der Waals surface area (Å²) in [5, 5.41) is 13.2. The first-order chi connectivity index (χ1) is 23.9. The highest BCUT2D eigenvalue weighted by atomic mass is 35.5. The molecule has 2 unspecified atom stereocenters. The van der Waals surface area contributed by atoms with Crippen LogP contribution in [0.3, 0.4) is 0 Å². The van der Waals surface area contributed by atoms with E-state index in [2.05, 4.69) is 15.0 Å². The van der Waals surface area contributed by atoms with Crippen LogP contribution in [0.25, 0.3) is 0 Å². The lowest BCUT2D eigenvalue weighted by atomic mass is 10.0. The number of rotatable bonds is 19. The molecule has 0 radical (unpaired) electrons. The second-order valence-electron chi connectivity index (χ2n) is 11.5. The molecule has 2 aromatic carbocycles. The minimum atomic E-state index is -4.35. The Balaban J connectivity index is 1.68. The average Bonchev–Trinajstić information content (AvgIpc) is 3.92. The fraction of sp³-hybridized carbons (Fsp3) is 0.412. The van der Waals surface area contributed by atoms with Crippen molar-refractivity contribution in [1.29, 1.82) is 0 Å². The smallest absolute Gasteiger partial charge is 0.408 e. The van der Waals surface area contributed by atoms with E-state index in [-0.39, 0.29) is 40.5 Å².